The molecule has 1 atom stereocenters. The van der Waals surface area contributed by atoms with Crippen molar-refractivity contribution in [3.8, 4) is 0 Å². The van der Waals surface area contributed by atoms with Gasteiger partial charge in [-0.3, -0.25) is 0 Å². The fourth-order valence-corrected chi connectivity index (χ4v) is 0.953. The molecular formula is C12H25HfO3-. The van der Waals surface area contributed by atoms with Crippen LogP contribution >= 0.6 is 0 Å². The van der Waals surface area contributed by atoms with Crippen LogP contribution in [0.3, 0.4) is 0 Å². The molecule has 1 aromatic carbocycles. The maximum absolute atomic E-state index is 7.00. The van der Waals surface area contributed by atoms with Crippen LogP contribution in [0, 0.1) is 0 Å². The van der Waals surface area contributed by atoms with Gasteiger partial charge in [-0.2, -0.15) is 17.7 Å². The quantitative estimate of drug-likeness (QED) is 0.528. The van der Waals surface area contributed by atoms with Crippen molar-refractivity contribution in [2.75, 3.05) is 21.3 Å². The van der Waals surface area contributed by atoms with E-state index in [-0.39, 0.29) is 25.8 Å². The molecule has 1 aromatic rings. The molecule has 3 nitrogen and oxygen atoms in total. The van der Waals surface area contributed by atoms with Gasteiger partial charge in [0, 0.05) is 47.2 Å². The van der Waals surface area contributed by atoms with Crippen LogP contribution in [0.2, 0.25) is 0 Å². The Morgan fingerprint density at radius 1 is 0.938 bits per heavy atom. The Morgan fingerprint density at radius 2 is 1.25 bits per heavy atom. The molecule has 0 amide bonds. The van der Waals surface area contributed by atoms with Crippen LogP contribution in [0.15, 0.2) is 24.3 Å². The zero-order valence-corrected chi connectivity index (χ0v) is 14.5. The summed E-state index contributed by atoms with van der Waals surface area (Å²) < 4.78 is 0. The Kier molecular flexibility index (Phi) is 38.2. The molecule has 0 aliphatic heterocycles. The van der Waals surface area contributed by atoms with Gasteiger partial charge < -0.3 is 15.3 Å². The van der Waals surface area contributed by atoms with E-state index in [9.17, 15) is 0 Å². The number of aliphatic hydroxyl groups is 3. The summed E-state index contributed by atoms with van der Waals surface area (Å²) in [5, 5.41) is 21.0. The maximum atomic E-state index is 7.00. The van der Waals surface area contributed by atoms with E-state index in [2.05, 4.69) is 38.1 Å². The first kappa shape index (κ1) is 25.1. The van der Waals surface area contributed by atoms with Crippen molar-refractivity contribution in [3.63, 3.8) is 0 Å². The Morgan fingerprint density at radius 3 is 1.50 bits per heavy atom. The van der Waals surface area contributed by atoms with Gasteiger partial charge in [-0.25, -0.2) is 12.1 Å². The molecule has 0 heterocycles. The molecule has 0 saturated heterocycles. The number of aliphatic hydroxyl groups excluding tert-OH is 3. The molecule has 1 rings (SSSR count). The van der Waals surface area contributed by atoms with Crippen LogP contribution in [0.1, 0.15) is 31.7 Å². The molecule has 1 unspecified atom stereocenters. The minimum atomic E-state index is 0. The third-order valence-corrected chi connectivity index (χ3v) is 1.87. The summed E-state index contributed by atoms with van der Waals surface area (Å²) in [6, 6.07) is 8.57. The Hall–Kier alpha value is 0.100. The van der Waals surface area contributed by atoms with Gasteiger partial charge >= 0.3 is 0 Å². The summed E-state index contributed by atoms with van der Waals surface area (Å²) in [5.74, 6) is 0.736. The third-order valence-electron chi connectivity index (χ3n) is 1.87. The van der Waals surface area contributed by atoms with Crippen LogP contribution in [0.5, 0.6) is 0 Å². The minimum absolute atomic E-state index is 0. The van der Waals surface area contributed by atoms with Crippen molar-refractivity contribution < 1.29 is 41.2 Å². The third kappa shape index (κ3) is 14.1. The largest absolute Gasteiger partial charge is 0.400 e. The maximum Gasteiger partial charge on any atom is 0.0319 e. The molecule has 0 fully saturated rings. The first-order valence-electron chi connectivity index (χ1n) is 4.90. The van der Waals surface area contributed by atoms with Crippen LogP contribution < -0.4 is 0 Å². The summed E-state index contributed by atoms with van der Waals surface area (Å²) >= 11 is 0. The van der Waals surface area contributed by atoms with Crippen LogP contribution in [0.4, 0.5) is 0 Å². The van der Waals surface area contributed by atoms with E-state index < -0.39 is 0 Å². The molecule has 0 spiro atoms. The second-order valence-corrected chi connectivity index (χ2v) is 2.53. The molecule has 3 N–H and O–H groups in total. The smallest absolute Gasteiger partial charge is 0.0319 e. The number of hydrogen-bond donors (Lipinski definition) is 3. The van der Waals surface area contributed by atoms with Crippen molar-refractivity contribution in [1.29, 1.82) is 0 Å². The molecule has 0 saturated carbocycles. The SMILES string of the molecule is CCC(C)[c-]1cccc1.CO.CO.CO.[Hf]. The van der Waals surface area contributed by atoms with Gasteiger partial charge in [0.25, 0.3) is 0 Å². The first-order chi connectivity index (χ1) is 7.34. The van der Waals surface area contributed by atoms with E-state index in [1.54, 1.807) is 0 Å². The topological polar surface area (TPSA) is 60.7 Å². The molecule has 0 bridgehead atoms. The van der Waals surface area contributed by atoms with E-state index >= 15 is 0 Å². The second kappa shape index (κ2) is 24.4. The Labute approximate surface area is 118 Å². The molecule has 0 aromatic heterocycles. The van der Waals surface area contributed by atoms with Gasteiger partial charge in [0.15, 0.2) is 0 Å². The molecule has 96 valence electrons. The van der Waals surface area contributed by atoms with Crippen LogP contribution in [0.25, 0.3) is 0 Å². The number of rotatable bonds is 2. The molecule has 0 radical (unpaired) electrons. The van der Waals surface area contributed by atoms with E-state index in [1.807, 2.05) is 0 Å². The number of hydrogen-bond acceptors (Lipinski definition) is 3. The predicted octanol–water partition coefficient (Wildman–Crippen LogP) is 1.74. The van der Waals surface area contributed by atoms with E-state index in [0.717, 1.165) is 27.2 Å². The summed E-state index contributed by atoms with van der Waals surface area (Å²) in [6.45, 7) is 4.48. The zero-order chi connectivity index (χ0) is 12.7. The normalized spacial score (nSPS) is 8.75. The van der Waals surface area contributed by atoms with Gasteiger partial charge in [0.05, 0.1) is 0 Å². The average molecular weight is 396 g/mol. The van der Waals surface area contributed by atoms with Crippen molar-refractivity contribution in [2.24, 2.45) is 0 Å². The van der Waals surface area contributed by atoms with E-state index in [0.29, 0.717) is 0 Å². The van der Waals surface area contributed by atoms with Gasteiger partial charge in [-0.1, -0.05) is 26.2 Å². The summed E-state index contributed by atoms with van der Waals surface area (Å²) in [4.78, 5) is 0. The van der Waals surface area contributed by atoms with Crippen molar-refractivity contribution >= 4 is 0 Å². The average Bonchev–Trinajstić information content (AvgIpc) is 2.89. The van der Waals surface area contributed by atoms with E-state index in [1.165, 1.54) is 12.0 Å². The zero-order valence-electron chi connectivity index (χ0n) is 10.9. The fourth-order valence-electron chi connectivity index (χ4n) is 0.953. The Bertz CT molecular complexity index is 165. The second-order valence-electron chi connectivity index (χ2n) is 2.53. The molecule has 0 aliphatic carbocycles. The van der Waals surface area contributed by atoms with Crippen molar-refractivity contribution in [2.45, 2.75) is 26.2 Å². The van der Waals surface area contributed by atoms with Gasteiger partial charge in [-0.05, 0) is 0 Å². The molecule has 4 heteroatoms. The summed E-state index contributed by atoms with van der Waals surface area (Å²) in [5.41, 5.74) is 1.47. The van der Waals surface area contributed by atoms with E-state index in [4.69, 9.17) is 15.3 Å². The molecule has 16 heavy (non-hydrogen) atoms. The molecular weight excluding hydrogens is 371 g/mol. The van der Waals surface area contributed by atoms with Crippen LogP contribution in [-0.4, -0.2) is 36.6 Å². The van der Waals surface area contributed by atoms with Gasteiger partial charge in [0.2, 0.25) is 0 Å². The van der Waals surface area contributed by atoms with Crippen molar-refractivity contribution in [3.05, 3.63) is 29.8 Å². The fraction of sp³-hybridized carbons (Fsp3) is 0.583. The molecule has 0 aliphatic rings. The first-order valence-corrected chi connectivity index (χ1v) is 4.90. The minimum Gasteiger partial charge on any atom is -0.400 e. The van der Waals surface area contributed by atoms with Gasteiger partial charge in [-0.15, -0.1) is 0 Å². The summed E-state index contributed by atoms with van der Waals surface area (Å²) in [7, 11) is 3.00. The van der Waals surface area contributed by atoms with Crippen LogP contribution in [-0.2, 0) is 25.8 Å². The predicted molar refractivity (Wildman–Crippen MR) is 65.2 cm³/mol. The van der Waals surface area contributed by atoms with Crippen molar-refractivity contribution in [1.82, 2.24) is 0 Å². The van der Waals surface area contributed by atoms with Gasteiger partial charge in [0.1, 0.15) is 0 Å². The monoisotopic (exact) mass is 397 g/mol. The summed E-state index contributed by atoms with van der Waals surface area (Å²) in [6.07, 6.45) is 1.24. The standard InChI is InChI=1S/C9H13.3CH4O.Hf/c1-3-8(2)9-6-4-5-7-9;3*1-2;/h4-8H,3H2,1-2H3;3*2H,1H3;/q-1;;;;. The Balaban J connectivity index is -0.0000000900.